The molecule has 3 aromatic carbocycles. The van der Waals surface area contributed by atoms with Crippen LogP contribution in [0.3, 0.4) is 0 Å². The van der Waals surface area contributed by atoms with Gasteiger partial charge in [0.2, 0.25) is 12.0 Å². The lowest BCUT2D eigenvalue weighted by atomic mass is 9.60. The molecular formula is C50H55N4O15+. The maximum atomic E-state index is 13.2. The normalized spacial score (nSPS) is 28.4. The van der Waals surface area contributed by atoms with Crippen LogP contribution in [0.15, 0.2) is 99.5 Å². The molecule has 19 nitrogen and oxygen atoms in total. The molecule has 9 atom stereocenters. The van der Waals surface area contributed by atoms with Crippen molar-refractivity contribution in [2.75, 3.05) is 13.2 Å². The van der Waals surface area contributed by atoms with Crippen LogP contribution in [0.25, 0.3) is 5.76 Å². The summed E-state index contributed by atoms with van der Waals surface area (Å²) in [6.45, 7) is 1.47. The highest BCUT2D eigenvalue weighted by Crippen LogP contribution is 2.57. The van der Waals surface area contributed by atoms with E-state index < -0.39 is 83.6 Å². The molecule has 0 radical (unpaired) electrons. The van der Waals surface area contributed by atoms with Crippen molar-refractivity contribution in [2.24, 2.45) is 20.9 Å². The second-order valence-corrected chi connectivity index (χ2v) is 18.2. The van der Waals surface area contributed by atoms with Gasteiger partial charge in [0.05, 0.1) is 24.8 Å². The minimum absolute atomic E-state index is 0.0177. The largest absolute Gasteiger partial charge is 0.508 e. The number of carbonyl (C=O) groups is 1. The Labute approximate surface area is 395 Å². The third kappa shape index (κ3) is 8.52. The van der Waals surface area contributed by atoms with E-state index in [9.17, 15) is 50.8 Å². The molecule has 2 fully saturated rings. The first kappa shape index (κ1) is 47.5. The van der Waals surface area contributed by atoms with E-state index in [1.807, 2.05) is 6.92 Å². The molecule has 1 saturated carbocycles. The van der Waals surface area contributed by atoms with Crippen LogP contribution in [0.1, 0.15) is 81.1 Å². The van der Waals surface area contributed by atoms with Gasteiger partial charge in [0, 0.05) is 18.2 Å². The lowest BCUT2D eigenvalue weighted by Crippen LogP contribution is -2.79. The number of hydrogen-bond donors (Lipinski definition) is 10. The summed E-state index contributed by atoms with van der Waals surface area (Å²) in [5, 5.41) is 109. The Bertz CT molecular complexity index is 2690. The minimum Gasteiger partial charge on any atom is -0.508 e. The van der Waals surface area contributed by atoms with Gasteiger partial charge in [-0.05, 0) is 91.1 Å². The van der Waals surface area contributed by atoms with Crippen LogP contribution >= 0.6 is 0 Å². The van der Waals surface area contributed by atoms with Gasteiger partial charge in [-0.25, -0.2) is 9.79 Å². The van der Waals surface area contributed by atoms with Crippen LogP contribution in [0.4, 0.5) is 0 Å². The predicted octanol–water partition coefficient (Wildman–Crippen LogP) is 2.88. The molecule has 4 heterocycles. The number of phenols is 2. The first-order valence-electron chi connectivity index (χ1n) is 22.9. The average molecular weight is 952 g/mol. The number of benzene rings is 3. The van der Waals surface area contributed by atoms with Crippen LogP contribution < -0.4 is 24.4 Å². The number of hydrogen-bond acceptors (Lipinski definition) is 16. The Balaban J connectivity index is 1.11. The van der Waals surface area contributed by atoms with Crippen LogP contribution in [0, 0.1) is 5.92 Å². The number of rotatable bonds is 17. The van der Waals surface area contributed by atoms with Gasteiger partial charge in [-0.3, -0.25) is 10.4 Å². The van der Waals surface area contributed by atoms with Crippen molar-refractivity contribution >= 4 is 35.3 Å². The number of aliphatic hydroxyl groups is 6. The van der Waals surface area contributed by atoms with Gasteiger partial charge < -0.3 is 69.6 Å². The number of nitrogens with two attached hydrogens (primary N) is 1. The molecule has 0 spiro atoms. The number of fused-ring (bicyclic) bond motifs is 3. The fraction of sp³-hybridized carbons (Fsp3) is 0.420. The highest BCUT2D eigenvalue weighted by atomic mass is 16.7. The molecule has 9 rings (SSSR count). The second-order valence-electron chi connectivity index (χ2n) is 18.2. The number of aromatic hydroxyl groups is 2. The van der Waals surface area contributed by atoms with Crippen molar-refractivity contribution < 1.29 is 79.8 Å². The van der Waals surface area contributed by atoms with E-state index in [4.69, 9.17) is 29.1 Å². The molecular weight excluding hydrogens is 897 g/mol. The average Bonchev–Trinajstić information content (AvgIpc) is 4.13. The monoisotopic (exact) mass is 951 g/mol. The van der Waals surface area contributed by atoms with Crippen molar-refractivity contribution in [3.8, 4) is 34.5 Å². The number of phenolic OH excluding ortho intramolecular Hbond substituents is 2. The number of carboxylic acid groups (broad SMARTS) is 1. The number of ether oxygens (including phenoxy) is 5. The SMILES string of the molecule is CCCCCC1=CC2(O)C(Oc3cc4c(c(O)c3OC3(c5cccc(O)c5)CCCC3)C(O)=CC(c3ccc(OC(CO)C(O)C5=NC(=[NH2+])C=C5)cc3)O4)OC(C(=O)O)C(O)(C1C1=NC=NC1)C2O. The summed E-state index contributed by atoms with van der Waals surface area (Å²) in [6, 6.07) is 14.1. The van der Waals surface area contributed by atoms with Gasteiger partial charge in [0.15, 0.2) is 41.1 Å². The zero-order valence-corrected chi connectivity index (χ0v) is 37.6. The van der Waals surface area contributed by atoms with Gasteiger partial charge >= 0.3 is 11.8 Å². The van der Waals surface area contributed by atoms with E-state index >= 15 is 0 Å². The standard InChI is InChI=1S/C50H54N4O15/c1-2-3-4-8-27-22-49(63)46(62)50(64,40(27)32-23-52-25-53-32)44(45(60)61)68-47(49)67-36-21-35-39(42(59)43(36)69-48(17-5-6-18-48)28-9-7-10-29(56)19-28)33(57)20-34(66-35)26-11-13-30(14-12-26)65-37(24-55)41(58)31-15-16-38(51)54-31/h7,9-16,19-22,25,34,37,40-41,44,46-47,51,55-59,62-64H,2-6,8,17-18,23-24H2,1H3,(H,60,61)/p+1. The summed E-state index contributed by atoms with van der Waals surface area (Å²) in [5.41, 5.74) is -4.70. The van der Waals surface area contributed by atoms with Crippen molar-refractivity contribution in [3.05, 3.63) is 101 Å². The van der Waals surface area contributed by atoms with E-state index in [1.165, 1.54) is 48.8 Å². The molecule has 3 aromatic rings. The van der Waals surface area contributed by atoms with E-state index in [-0.39, 0.29) is 64.5 Å². The molecule has 4 aliphatic heterocycles. The summed E-state index contributed by atoms with van der Waals surface area (Å²) < 4.78 is 31.6. The molecule has 2 bridgehead atoms. The summed E-state index contributed by atoms with van der Waals surface area (Å²) in [6.07, 6.45) is 1.76. The van der Waals surface area contributed by atoms with Gasteiger partial charge in [0.25, 0.3) is 0 Å². The second kappa shape index (κ2) is 18.7. The summed E-state index contributed by atoms with van der Waals surface area (Å²) in [7, 11) is 0. The minimum atomic E-state index is -2.66. The molecule has 6 aliphatic rings. The summed E-state index contributed by atoms with van der Waals surface area (Å²) in [5.74, 6) is -4.38. The van der Waals surface area contributed by atoms with Crippen LogP contribution in [0.5, 0.6) is 34.5 Å². The first-order chi connectivity index (χ1) is 33.1. The lowest BCUT2D eigenvalue weighted by molar-refractivity contribution is -0.338. The fourth-order valence-electron chi connectivity index (χ4n) is 10.3. The van der Waals surface area contributed by atoms with E-state index in [2.05, 4.69) is 15.0 Å². The van der Waals surface area contributed by atoms with Crippen LogP contribution in [0.2, 0.25) is 0 Å². The van der Waals surface area contributed by atoms with Crippen molar-refractivity contribution in [3.63, 3.8) is 0 Å². The third-order valence-electron chi connectivity index (χ3n) is 13.7. The van der Waals surface area contributed by atoms with Gasteiger partial charge in [0.1, 0.15) is 58.3 Å². The van der Waals surface area contributed by atoms with Crippen LogP contribution in [-0.2, 0) is 15.1 Å². The van der Waals surface area contributed by atoms with E-state index in [0.29, 0.717) is 48.8 Å². The molecule has 1 saturated heterocycles. The molecule has 69 heavy (non-hydrogen) atoms. The molecule has 364 valence electrons. The first-order valence-corrected chi connectivity index (χ1v) is 22.9. The lowest BCUT2D eigenvalue weighted by Gasteiger charge is -2.57. The topological polar surface area (TPSA) is 308 Å². The van der Waals surface area contributed by atoms with Gasteiger partial charge in [-0.1, -0.05) is 49.6 Å². The Morgan fingerprint density at radius 2 is 1.80 bits per heavy atom. The molecule has 0 aromatic heterocycles. The van der Waals surface area contributed by atoms with E-state index in [1.54, 1.807) is 36.4 Å². The van der Waals surface area contributed by atoms with Gasteiger partial charge in [-0.15, -0.1) is 0 Å². The van der Waals surface area contributed by atoms with E-state index in [0.717, 1.165) is 12.8 Å². The smallest absolute Gasteiger partial charge is 0.336 e. The Morgan fingerprint density at radius 3 is 2.45 bits per heavy atom. The number of aliphatic carboxylic acids is 1. The third-order valence-corrected chi connectivity index (χ3v) is 13.7. The van der Waals surface area contributed by atoms with Crippen LogP contribution in [-0.4, -0.2) is 131 Å². The summed E-state index contributed by atoms with van der Waals surface area (Å²) >= 11 is 0. The molecule has 2 aliphatic carbocycles. The van der Waals surface area contributed by atoms with Crippen molar-refractivity contribution in [1.82, 2.24) is 0 Å². The number of unbranched alkanes of at least 4 members (excludes halogenated alkanes) is 2. The molecule has 0 amide bonds. The molecule has 9 unspecified atom stereocenters. The number of aliphatic imine (C=N–C) groups is 3. The van der Waals surface area contributed by atoms with Gasteiger partial charge in [-0.2, -0.15) is 0 Å². The number of carboxylic acids is 1. The van der Waals surface area contributed by atoms with Crippen molar-refractivity contribution in [2.45, 2.75) is 112 Å². The predicted molar refractivity (Wildman–Crippen MR) is 248 cm³/mol. The molecule has 11 N–H and O–H groups in total. The quantitative estimate of drug-likeness (QED) is 0.0687. The molecule has 19 heteroatoms. The maximum absolute atomic E-state index is 13.2. The van der Waals surface area contributed by atoms with Crippen molar-refractivity contribution in [1.29, 1.82) is 0 Å². The summed E-state index contributed by atoms with van der Waals surface area (Å²) in [4.78, 5) is 25.7. The zero-order valence-electron chi connectivity index (χ0n) is 37.6. The fourth-order valence-corrected chi connectivity index (χ4v) is 10.3. The Hall–Kier alpha value is -6.61. The maximum Gasteiger partial charge on any atom is 0.336 e. The highest BCUT2D eigenvalue weighted by molar-refractivity contribution is 6.15. The number of aliphatic hydroxyl groups excluding tert-OH is 4. The number of nitrogens with zero attached hydrogens (tertiary/aromatic N) is 3. The highest BCUT2D eigenvalue weighted by Gasteiger charge is 2.71. The number of amidine groups is 1. The Morgan fingerprint density at radius 1 is 1.03 bits per heavy atom. The Kier molecular flexibility index (Phi) is 12.9. The zero-order chi connectivity index (χ0) is 48.8.